The Labute approximate surface area is 152 Å². The van der Waals surface area contributed by atoms with Crippen molar-refractivity contribution < 1.29 is 21.6 Å². The lowest BCUT2D eigenvalue weighted by Gasteiger charge is -2.20. The second-order valence-electron chi connectivity index (χ2n) is 6.06. The van der Waals surface area contributed by atoms with Crippen LogP contribution in [0.4, 0.5) is 13.2 Å². The Morgan fingerprint density at radius 3 is 2.56 bits per heavy atom. The van der Waals surface area contributed by atoms with Crippen LogP contribution < -0.4 is 0 Å². The van der Waals surface area contributed by atoms with E-state index >= 15 is 0 Å². The maximum atomic E-state index is 13.1. The number of hydrogen-bond acceptors (Lipinski definition) is 4. The van der Waals surface area contributed by atoms with Gasteiger partial charge in [-0.25, -0.2) is 13.1 Å². The lowest BCUT2D eigenvalue weighted by atomic mass is 10.2. The molecule has 4 rings (SSSR count). The predicted octanol–water partition coefficient (Wildman–Crippen LogP) is 2.99. The van der Waals surface area contributed by atoms with E-state index in [1.807, 2.05) is 0 Å². The number of sulfonamides is 1. The molecule has 0 saturated heterocycles. The minimum atomic E-state index is -4.63. The number of benzene rings is 2. The molecule has 0 amide bonds. The first-order valence-electron chi connectivity index (χ1n) is 7.92. The average molecular weight is 394 g/mol. The Balaban J connectivity index is 1.80. The van der Waals surface area contributed by atoms with Crippen LogP contribution in [-0.4, -0.2) is 27.7 Å². The van der Waals surface area contributed by atoms with Crippen molar-refractivity contribution >= 4 is 10.0 Å². The normalized spacial score (nSPS) is 15.1. The smallest absolute Gasteiger partial charge is 0.216 e. The molecule has 10 heteroatoms. The summed E-state index contributed by atoms with van der Waals surface area (Å²) in [5.41, 5.74) is 0.880. The Morgan fingerprint density at radius 1 is 1.00 bits per heavy atom. The van der Waals surface area contributed by atoms with Gasteiger partial charge in [-0.15, -0.1) is 5.10 Å². The van der Waals surface area contributed by atoms with Crippen LogP contribution in [0.5, 0.6) is 0 Å². The molecule has 0 unspecified atom stereocenters. The summed E-state index contributed by atoms with van der Waals surface area (Å²) in [4.78, 5) is -0.407. The van der Waals surface area contributed by atoms with Crippen LogP contribution in [0, 0.1) is 0 Å². The van der Waals surface area contributed by atoms with Gasteiger partial charge in [-0.3, -0.25) is 0 Å². The number of para-hydroxylation sites is 1. The summed E-state index contributed by atoms with van der Waals surface area (Å²) in [7, 11) is -4.17. The number of rotatable bonds is 2. The van der Waals surface area contributed by atoms with Crippen LogP contribution in [0.1, 0.15) is 16.8 Å². The fourth-order valence-electron chi connectivity index (χ4n) is 3.00. The van der Waals surface area contributed by atoms with Gasteiger partial charge in [0.15, 0.2) is 0 Å². The second kappa shape index (κ2) is 6.17. The van der Waals surface area contributed by atoms with Crippen LogP contribution in [0.3, 0.4) is 0 Å². The van der Waals surface area contributed by atoms with Gasteiger partial charge in [0.05, 0.1) is 34.6 Å². The van der Waals surface area contributed by atoms with E-state index < -0.39 is 26.7 Å². The van der Waals surface area contributed by atoms with Crippen LogP contribution in [0.25, 0.3) is 5.69 Å². The minimum absolute atomic E-state index is 0.0120. The molecule has 0 atom stereocenters. The fourth-order valence-corrected chi connectivity index (χ4v) is 4.43. The summed E-state index contributed by atoms with van der Waals surface area (Å²) in [5, 5.41) is 7.81. The minimum Gasteiger partial charge on any atom is -0.216 e. The molecule has 3 aromatic rings. The van der Waals surface area contributed by atoms with E-state index in [1.54, 1.807) is 24.3 Å². The third-order valence-electron chi connectivity index (χ3n) is 4.32. The highest BCUT2D eigenvalue weighted by atomic mass is 32.2. The Kier molecular flexibility index (Phi) is 4.04. The first-order valence-corrected chi connectivity index (χ1v) is 9.36. The van der Waals surface area contributed by atoms with Gasteiger partial charge in [0.1, 0.15) is 0 Å². The zero-order valence-corrected chi connectivity index (χ0v) is 14.6. The zero-order valence-electron chi connectivity index (χ0n) is 13.8. The van der Waals surface area contributed by atoms with Crippen molar-refractivity contribution in [2.75, 3.05) is 0 Å². The third-order valence-corrected chi connectivity index (χ3v) is 6.11. The van der Waals surface area contributed by atoms with Gasteiger partial charge in [-0.05, 0) is 29.8 Å². The Bertz CT molecular complexity index is 1110. The van der Waals surface area contributed by atoms with E-state index in [0.717, 1.165) is 22.5 Å². The van der Waals surface area contributed by atoms with Crippen molar-refractivity contribution in [3.63, 3.8) is 0 Å². The molecule has 1 aliphatic rings. The molecule has 0 aliphatic carbocycles. The van der Waals surface area contributed by atoms with Crippen molar-refractivity contribution in [1.82, 2.24) is 19.3 Å². The first-order chi connectivity index (χ1) is 12.8. The molecule has 2 aromatic carbocycles. The molecular formula is C17H13F3N4O2S. The van der Waals surface area contributed by atoms with Gasteiger partial charge in [0, 0.05) is 6.54 Å². The summed E-state index contributed by atoms with van der Waals surface area (Å²) in [6, 6.07) is 10.8. The maximum Gasteiger partial charge on any atom is 0.416 e. The Hall–Kier alpha value is -2.72. The van der Waals surface area contributed by atoms with E-state index in [-0.39, 0.29) is 13.1 Å². The highest BCUT2D eigenvalue weighted by molar-refractivity contribution is 7.89. The Morgan fingerprint density at radius 2 is 1.78 bits per heavy atom. The lowest BCUT2D eigenvalue weighted by molar-refractivity contribution is -0.137. The maximum absolute atomic E-state index is 13.1. The molecular weight excluding hydrogens is 381 g/mol. The van der Waals surface area contributed by atoms with E-state index in [0.29, 0.717) is 23.0 Å². The highest BCUT2D eigenvalue weighted by Crippen LogP contribution is 2.32. The molecule has 140 valence electrons. The SMILES string of the molecule is O=S(=O)(c1cccc(C(F)(F)F)c1)N1Cc2ccccc2-n2nncc2C1. The zero-order chi connectivity index (χ0) is 19.2. The molecule has 0 bridgehead atoms. The summed E-state index contributed by atoms with van der Waals surface area (Å²) in [6.45, 7) is -0.0433. The second-order valence-corrected chi connectivity index (χ2v) is 8.00. The van der Waals surface area contributed by atoms with Gasteiger partial charge >= 0.3 is 6.18 Å². The van der Waals surface area contributed by atoms with E-state index in [2.05, 4.69) is 10.3 Å². The summed E-state index contributed by atoms with van der Waals surface area (Å²) >= 11 is 0. The van der Waals surface area contributed by atoms with Crippen molar-refractivity contribution in [2.45, 2.75) is 24.2 Å². The molecule has 0 fully saturated rings. The molecule has 0 radical (unpaired) electrons. The number of halogens is 3. The molecule has 0 N–H and O–H groups in total. The number of fused-ring (bicyclic) bond motifs is 3. The quantitative estimate of drug-likeness (QED) is 0.670. The van der Waals surface area contributed by atoms with E-state index in [4.69, 9.17) is 0 Å². The highest BCUT2D eigenvalue weighted by Gasteiger charge is 2.34. The predicted molar refractivity (Wildman–Crippen MR) is 89.2 cm³/mol. The number of nitrogens with zero attached hydrogens (tertiary/aromatic N) is 4. The molecule has 27 heavy (non-hydrogen) atoms. The van der Waals surface area contributed by atoms with Crippen molar-refractivity contribution in [3.8, 4) is 5.69 Å². The standard InChI is InChI=1S/C17H13F3N4O2S/c18-17(19,20)13-5-3-6-15(8-13)27(25,26)23-10-12-4-1-2-7-16(12)24-14(11-23)9-21-22-24/h1-9H,10-11H2. The van der Waals surface area contributed by atoms with Gasteiger partial charge in [-0.2, -0.15) is 17.5 Å². The van der Waals surface area contributed by atoms with Gasteiger partial charge in [0.25, 0.3) is 0 Å². The monoisotopic (exact) mass is 394 g/mol. The lowest BCUT2D eigenvalue weighted by Crippen LogP contribution is -2.30. The molecule has 1 aliphatic heterocycles. The van der Waals surface area contributed by atoms with Crippen LogP contribution in [0.15, 0.2) is 59.6 Å². The van der Waals surface area contributed by atoms with Crippen LogP contribution >= 0.6 is 0 Å². The fraction of sp³-hybridized carbons (Fsp3) is 0.176. The molecule has 6 nitrogen and oxygen atoms in total. The van der Waals surface area contributed by atoms with E-state index in [1.165, 1.54) is 10.9 Å². The summed E-state index contributed by atoms with van der Waals surface area (Å²) in [5.74, 6) is 0. The third kappa shape index (κ3) is 3.10. The number of aromatic nitrogens is 3. The van der Waals surface area contributed by atoms with Gasteiger partial charge in [0.2, 0.25) is 10.0 Å². The van der Waals surface area contributed by atoms with Crippen molar-refractivity contribution in [3.05, 3.63) is 71.5 Å². The molecule has 0 spiro atoms. The average Bonchev–Trinajstić information content (AvgIpc) is 3.03. The molecule has 2 heterocycles. The van der Waals surface area contributed by atoms with Gasteiger partial charge in [-0.1, -0.05) is 29.5 Å². The van der Waals surface area contributed by atoms with Crippen LogP contribution in [-0.2, 0) is 29.3 Å². The largest absolute Gasteiger partial charge is 0.416 e. The van der Waals surface area contributed by atoms with Gasteiger partial charge < -0.3 is 0 Å². The van der Waals surface area contributed by atoms with Crippen LogP contribution in [0.2, 0.25) is 0 Å². The summed E-state index contributed by atoms with van der Waals surface area (Å²) in [6.07, 6.45) is -3.18. The number of alkyl halides is 3. The molecule has 1 aromatic heterocycles. The van der Waals surface area contributed by atoms with Crippen molar-refractivity contribution in [1.29, 1.82) is 0 Å². The topological polar surface area (TPSA) is 68.1 Å². The summed E-state index contributed by atoms with van der Waals surface area (Å²) < 4.78 is 67.8. The van der Waals surface area contributed by atoms with E-state index in [9.17, 15) is 21.6 Å². The van der Waals surface area contributed by atoms with Crippen molar-refractivity contribution in [2.24, 2.45) is 0 Å². The number of hydrogen-bond donors (Lipinski definition) is 0. The first kappa shape index (κ1) is 17.7. The molecule has 0 saturated carbocycles.